The molecular formula is C15H32IN3O. The first-order valence-corrected chi connectivity index (χ1v) is 7.82. The van der Waals surface area contributed by atoms with E-state index in [1.165, 1.54) is 12.8 Å². The minimum absolute atomic E-state index is 0. The van der Waals surface area contributed by atoms with Gasteiger partial charge in [-0.2, -0.15) is 0 Å². The summed E-state index contributed by atoms with van der Waals surface area (Å²) in [4.78, 5) is 4.73. The van der Waals surface area contributed by atoms with Gasteiger partial charge in [0.05, 0.1) is 0 Å². The summed E-state index contributed by atoms with van der Waals surface area (Å²) in [5.74, 6) is 1.78. The van der Waals surface area contributed by atoms with Crippen LogP contribution in [0.3, 0.4) is 0 Å². The second-order valence-corrected chi connectivity index (χ2v) is 5.70. The van der Waals surface area contributed by atoms with Crippen molar-refractivity contribution in [1.82, 2.24) is 10.6 Å². The van der Waals surface area contributed by atoms with Gasteiger partial charge in [-0.15, -0.1) is 24.0 Å². The SMILES string of the molecule is CCNC(=NCC(CC)(CC)CCO)NCC1CC1.I. The van der Waals surface area contributed by atoms with Crippen LogP contribution in [0.1, 0.15) is 52.9 Å². The Kier molecular flexibility index (Phi) is 10.6. The third-order valence-electron chi connectivity index (χ3n) is 4.31. The molecule has 0 bridgehead atoms. The van der Waals surface area contributed by atoms with Crippen LogP contribution in [0.25, 0.3) is 0 Å². The van der Waals surface area contributed by atoms with E-state index in [1.807, 2.05) is 0 Å². The van der Waals surface area contributed by atoms with E-state index in [1.54, 1.807) is 0 Å². The zero-order valence-corrected chi connectivity index (χ0v) is 15.6. The molecule has 0 radical (unpaired) electrons. The summed E-state index contributed by atoms with van der Waals surface area (Å²) in [6, 6.07) is 0. The van der Waals surface area contributed by atoms with E-state index in [4.69, 9.17) is 4.99 Å². The quantitative estimate of drug-likeness (QED) is 0.319. The second kappa shape index (κ2) is 10.7. The maximum Gasteiger partial charge on any atom is 0.191 e. The monoisotopic (exact) mass is 397 g/mol. The Morgan fingerprint density at radius 1 is 1.20 bits per heavy atom. The normalized spacial score (nSPS) is 15.7. The van der Waals surface area contributed by atoms with Crippen molar-refractivity contribution in [3.05, 3.63) is 0 Å². The van der Waals surface area contributed by atoms with Crippen LogP contribution in [0, 0.1) is 11.3 Å². The van der Waals surface area contributed by atoms with Crippen molar-refractivity contribution in [2.75, 3.05) is 26.2 Å². The molecule has 3 N–H and O–H groups in total. The number of hydrogen-bond acceptors (Lipinski definition) is 2. The number of aliphatic hydroxyl groups is 1. The number of hydrogen-bond donors (Lipinski definition) is 3. The molecular weight excluding hydrogens is 365 g/mol. The molecule has 0 aliphatic heterocycles. The van der Waals surface area contributed by atoms with Gasteiger partial charge in [0.1, 0.15) is 0 Å². The summed E-state index contributed by atoms with van der Waals surface area (Å²) in [5, 5.41) is 16.0. The molecule has 0 heterocycles. The lowest BCUT2D eigenvalue weighted by molar-refractivity contribution is 0.175. The predicted molar refractivity (Wildman–Crippen MR) is 96.8 cm³/mol. The highest BCUT2D eigenvalue weighted by molar-refractivity contribution is 14.0. The maximum atomic E-state index is 9.24. The Balaban J connectivity index is 0.00000361. The van der Waals surface area contributed by atoms with Crippen LogP contribution >= 0.6 is 24.0 Å². The summed E-state index contributed by atoms with van der Waals surface area (Å²) in [6.07, 6.45) is 5.67. The van der Waals surface area contributed by atoms with Crippen LogP contribution in [0.4, 0.5) is 0 Å². The third kappa shape index (κ3) is 7.11. The zero-order chi connectivity index (χ0) is 14.1. The fourth-order valence-electron chi connectivity index (χ4n) is 2.29. The standard InChI is InChI=1S/C15H31N3O.HI/c1-4-15(5-2,9-10-19)12-18-14(16-6-3)17-11-13-7-8-13;/h13,19H,4-12H2,1-3H3,(H2,16,17,18);1H. The van der Waals surface area contributed by atoms with E-state index in [2.05, 4.69) is 31.4 Å². The second-order valence-electron chi connectivity index (χ2n) is 5.70. The zero-order valence-electron chi connectivity index (χ0n) is 13.2. The lowest BCUT2D eigenvalue weighted by Crippen LogP contribution is -2.39. The van der Waals surface area contributed by atoms with Gasteiger partial charge in [0.2, 0.25) is 0 Å². The van der Waals surface area contributed by atoms with Crippen LogP contribution < -0.4 is 10.6 Å². The fraction of sp³-hybridized carbons (Fsp3) is 0.933. The van der Waals surface area contributed by atoms with Crippen molar-refractivity contribution in [2.45, 2.75) is 52.9 Å². The topological polar surface area (TPSA) is 56.7 Å². The molecule has 1 fully saturated rings. The van der Waals surface area contributed by atoms with Gasteiger partial charge in [0, 0.05) is 26.2 Å². The van der Waals surface area contributed by atoms with Gasteiger partial charge in [-0.3, -0.25) is 4.99 Å². The highest BCUT2D eigenvalue weighted by Crippen LogP contribution is 2.30. The van der Waals surface area contributed by atoms with Gasteiger partial charge < -0.3 is 15.7 Å². The van der Waals surface area contributed by atoms with Gasteiger partial charge in [0.15, 0.2) is 5.96 Å². The fourth-order valence-corrected chi connectivity index (χ4v) is 2.29. The highest BCUT2D eigenvalue weighted by atomic mass is 127. The Morgan fingerprint density at radius 2 is 1.85 bits per heavy atom. The van der Waals surface area contributed by atoms with E-state index in [0.29, 0.717) is 0 Å². The lowest BCUT2D eigenvalue weighted by atomic mass is 9.79. The Labute approximate surface area is 141 Å². The molecule has 0 atom stereocenters. The molecule has 0 saturated heterocycles. The Morgan fingerprint density at radius 3 is 2.30 bits per heavy atom. The number of guanidine groups is 1. The molecule has 4 nitrogen and oxygen atoms in total. The molecule has 1 saturated carbocycles. The van der Waals surface area contributed by atoms with Crippen molar-refractivity contribution in [1.29, 1.82) is 0 Å². The summed E-state index contributed by atoms with van der Waals surface area (Å²) in [7, 11) is 0. The molecule has 5 heteroatoms. The summed E-state index contributed by atoms with van der Waals surface area (Å²) >= 11 is 0. The van der Waals surface area contributed by atoms with E-state index < -0.39 is 0 Å². The number of aliphatic imine (C=N–C) groups is 1. The van der Waals surface area contributed by atoms with Crippen molar-refractivity contribution in [2.24, 2.45) is 16.3 Å². The maximum absolute atomic E-state index is 9.24. The molecule has 1 aliphatic carbocycles. The third-order valence-corrected chi connectivity index (χ3v) is 4.31. The van der Waals surface area contributed by atoms with Gasteiger partial charge >= 0.3 is 0 Å². The van der Waals surface area contributed by atoms with Gasteiger partial charge in [-0.05, 0) is 50.4 Å². The van der Waals surface area contributed by atoms with Gasteiger partial charge in [-0.1, -0.05) is 13.8 Å². The highest BCUT2D eigenvalue weighted by Gasteiger charge is 2.25. The van der Waals surface area contributed by atoms with Crippen LogP contribution in [-0.2, 0) is 0 Å². The number of rotatable bonds is 9. The van der Waals surface area contributed by atoms with E-state index in [9.17, 15) is 5.11 Å². The molecule has 0 unspecified atom stereocenters. The van der Waals surface area contributed by atoms with Crippen LogP contribution in [0.5, 0.6) is 0 Å². The Bertz CT molecular complexity index is 276. The summed E-state index contributed by atoms with van der Waals surface area (Å²) in [5.41, 5.74) is 0.149. The number of halogens is 1. The van der Waals surface area contributed by atoms with Crippen LogP contribution in [0.15, 0.2) is 4.99 Å². The molecule has 0 aromatic rings. The first-order valence-electron chi connectivity index (χ1n) is 7.82. The minimum Gasteiger partial charge on any atom is -0.396 e. The van der Waals surface area contributed by atoms with E-state index >= 15 is 0 Å². The summed E-state index contributed by atoms with van der Waals surface area (Å²) < 4.78 is 0. The molecule has 20 heavy (non-hydrogen) atoms. The molecule has 1 aliphatic rings. The lowest BCUT2D eigenvalue weighted by Gasteiger charge is -2.29. The largest absolute Gasteiger partial charge is 0.396 e. The van der Waals surface area contributed by atoms with Crippen LogP contribution in [-0.4, -0.2) is 37.3 Å². The van der Waals surface area contributed by atoms with Gasteiger partial charge in [0.25, 0.3) is 0 Å². The molecule has 0 spiro atoms. The average Bonchev–Trinajstić information content (AvgIpc) is 3.24. The molecule has 0 aromatic heterocycles. The minimum atomic E-state index is 0. The van der Waals surface area contributed by atoms with Crippen molar-refractivity contribution in [3.63, 3.8) is 0 Å². The summed E-state index contributed by atoms with van der Waals surface area (Å²) in [6.45, 7) is 9.45. The number of aliphatic hydroxyl groups excluding tert-OH is 1. The van der Waals surface area contributed by atoms with Gasteiger partial charge in [-0.25, -0.2) is 0 Å². The van der Waals surface area contributed by atoms with Crippen LogP contribution in [0.2, 0.25) is 0 Å². The van der Waals surface area contributed by atoms with Crippen molar-refractivity contribution < 1.29 is 5.11 Å². The number of nitrogens with zero attached hydrogens (tertiary/aromatic N) is 1. The molecule has 1 rings (SSSR count). The average molecular weight is 397 g/mol. The van der Waals surface area contributed by atoms with Crippen molar-refractivity contribution in [3.8, 4) is 0 Å². The molecule has 120 valence electrons. The van der Waals surface area contributed by atoms with Crippen molar-refractivity contribution >= 4 is 29.9 Å². The Hall–Kier alpha value is -0.0400. The molecule has 0 amide bonds. The molecule has 0 aromatic carbocycles. The first kappa shape index (κ1) is 20.0. The predicted octanol–water partition coefficient (Wildman–Crippen LogP) is 2.76. The smallest absolute Gasteiger partial charge is 0.191 e. The van der Waals surface area contributed by atoms with E-state index in [-0.39, 0.29) is 36.0 Å². The first-order chi connectivity index (χ1) is 9.19. The number of nitrogens with one attached hydrogen (secondary N) is 2. The van der Waals surface area contributed by atoms with E-state index in [0.717, 1.165) is 50.8 Å².